The summed E-state index contributed by atoms with van der Waals surface area (Å²) >= 11 is 0. The van der Waals surface area contributed by atoms with Crippen LogP contribution in [-0.4, -0.2) is 57.7 Å². The third-order valence-electron chi connectivity index (χ3n) is 9.33. The van der Waals surface area contributed by atoms with Crippen LogP contribution in [0.4, 0.5) is 8.78 Å². The zero-order chi connectivity index (χ0) is 37.1. The summed E-state index contributed by atoms with van der Waals surface area (Å²) < 4.78 is 42.2. The lowest BCUT2D eigenvalue weighted by Gasteiger charge is -2.13. The number of carbonyl (C=O) groups excluding carboxylic acids is 2. The van der Waals surface area contributed by atoms with Crippen molar-refractivity contribution in [1.82, 2.24) is 29.8 Å². The number of carbonyl (C=O) groups is 2. The number of halogens is 2. The fourth-order valence-corrected chi connectivity index (χ4v) is 6.92. The van der Waals surface area contributed by atoms with E-state index in [0.717, 1.165) is 58.1 Å². The summed E-state index contributed by atoms with van der Waals surface area (Å²) in [6.45, 7) is 3.72. The molecule has 2 aliphatic rings. The number of benzene rings is 4. The Labute approximate surface area is 305 Å². The van der Waals surface area contributed by atoms with Crippen LogP contribution >= 0.6 is 0 Å². The van der Waals surface area contributed by atoms with Crippen LogP contribution in [-0.2, 0) is 48.7 Å². The van der Waals surface area contributed by atoms with Crippen molar-refractivity contribution in [3.63, 3.8) is 0 Å². The summed E-state index contributed by atoms with van der Waals surface area (Å²) in [7, 11) is 4.74. The molecule has 0 fully saturated rings. The van der Waals surface area contributed by atoms with Crippen molar-refractivity contribution in [2.24, 2.45) is 0 Å². The smallest absolute Gasteiger partial charge is 0.337 e. The molecule has 0 saturated carbocycles. The van der Waals surface area contributed by atoms with E-state index in [1.165, 1.54) is 26.4 Å². The Bertz CT molecular complexity index is 2320. The highest BCUT2D eigenvalue weighted by atomic mass is 19.1. The van der Waals surface area contributed by atoms with Gasteiger partial charge in [0.1, 0.15) is 11.6 Å². The molecule has 6 aromatic rings. The number of rotatable bonds is 8. The van der Waals surface area contributed by atoms with Crippen molar-refractivity contribution >= 4 is 11.9 Å². The van der Waals surface area contributed by atoms with Gasteiger partial charge in [-0.15, -0.1) is 0 Å². The molecular weight excluding hydrogens is 678 g/mol. The van der Waals surface area contributed by atoms with E-state index in [0.29, 0.717) is 48.4 Å². The van der Waals surface area contributed by atoms with Crippen molar-refractivity contribution in [2.75, 3.05) is 21.3 Å². The lowest BCUT2D eigenvalue weighted by molar-refractivity contribution is 0.0591. The largest absolute Gasteiger partial charge is 0.465 e. The molecule has 53 heavy (non-hydrogen) atoms. The van der Waals surface area contributed by atoms with E-state index in [-0.39, 0.29) is 23.6 Å². The Hall–Kier alpha value is -5.98. The number of ether oxygens (including phenoxy) is 2. The molecule has 8 rings (SSSR count). The molecular formula is C41H38F2N6O4. The molecule has 0 radical (unpaired) electrons. The fourth-order valence-electron chi connectivity index (χ4n) is 6.92. The second kappa shape index (κ2) is 15.3. The summed E-state index contributed by atoms with van der Waals surface area (Å²) in [5, 5.41) is 12.7. The van der Waals surface area contributed by atoms with Gasteiger partial charge in [0, 0.05) is 48.4 Å². The van der Waals surface area contributed by atoms with E-state index in [4.69, 9.17) is 14.6 Å². The number of nitrogens with one attached hydrogen (secondary N) is 1. The molecule has 1 N–H and O–H groups in total. The first kappa shape index (κ1) is 35.4. The molecule has 270 valence electrons. The first-order chi connectivity index (χ1) is 25.7. The van der Waals surface area contributed by atoms with Gasteiger partial charge in [0.25, 0.3) is 0 Å². The summed E-state index contributed by atoms with van der Waals surface area (Å²) in [6.07, 6.45) is 0. The van der Waals surface area contributed by atoms with E-state index < -0.39 is 0 Å². The van der Waals surface area contributed by atoms with Crippen molar-refractivity contribution < 1.29 is 27.8 Å². The maximum absolute atomic E-state index is 14.5. The van der Waals surface area contributed by atoms with Crippen molar-refractivity contribution in [3.8, 4) is 22.5 Å². The number of fused-ring (bicyclic) bond motifs is 2. The minimum absolute atomic E-state index is 0.265. The van der Waals surface area contributed by atoms with Gasteiger partial charge in [-0.1, -0.05) is 48.5 Å². The van der Waals surface area contributed by atoms with E-state index in [1.54, 1.807) is 48.5 Å². The summed E-state index contributed by atoms with van der Waals surface area (Å²) in [4.78, 5) is 25.7. The van der Waals surface area contributed by atoms with Gasteiger partial charge in [-0.2, -0.15) is 10.2 Å². The van der Waals surface area contributed by atoms with Gasteiger partial charge in [0.2, 0.25) is 0 Å². The highest BCUT2D eigenvalue weighted by molar-refractivity contribution is 5.90. The van der Waals surface area contributed by atoms with Crippen molar-refractivity contribution in [3.05, 3.63) is 153 Å². The summed E-state index contributed by atoms with van der Waals surface area (Å²) in [5.74, 6) is -1.30. The van der Waals surface area contributed by atoms with Crippen molar-refractivity contribution in [1.29, 1.82) is 0 Å². The van der Waals surface area contributed by atoms with Crippen molar-refractivity contribution in [2.45, 2.75) is 39.3 Å². The Kier molecular flexibility index (Phi) is 10.2. The average Bonchev–Trinajstić information content (AvgIpc) is 3.93. The zero-order valence-electron chi connectivity index (χ0n) is 29.6. The lowest BCUT2D eigenvalue weighted by Crippen LogP contribution is -2.13. The topological polar surface area (TPSA) is 104 Å². The first-order valence-electron chi connectivity index (χ1n) is 17.1. The molecule has 0 amide bonds. The Morgan fingerprint density at radius 2 is 1.17 bits per heavy atom. The molecule has 4 aromatic carbocycles. The van der Waals surface area contributed by atoms with E-state index in [9.17, 15) is 18.4 Å². The van der Waals surface area contributed by atoms with Crippen LogP contribution in [0.5, 0.6) is 0 Å². The summed E-state index contributed by atoms with van der Waals surface area (Å²) in [5.41, 5.74) is 9.45. The van der Waals surface area contributed by atoms with Crippen LogP contribution < -0.4 is 5.32 Å². The summed E-state index contributed by atoms with van der Waals surface area (Å²) in [6, 6.07) is 28.0. The minimum atomic E-state index is -0.381. The van der Waals surface area contributed by atoms with E-state index >= 15 is 0 Å². The van der Waals surface area contributed by atoms with Crippen LogP contribution in [0.25, 0.3) is 22.5 Å². The minimum Gasteiger partial charge on any atom is -0.465 e. The van der Waals surface area contributed by atoms with E-state index in [1.807, 2.05) is 52.8 Å². The van der Waals surface area contributed by atoms with Crippen LogP contribution in [0.1, 0.15) is 54.4 Å². The second-order valence-corrected chi connectivity index (χ2v) is 13.0. The second-order valence-electron chi connectivity index (χ2n) is 13.0. The van der Waals surface area contributed by atoms with Gasteiger partial charge in [-0.05, 0) is 66.7 Å². The predicted molar refractivity (Wildman–Crippen MR) is 195 cm³/mol. The van der Waals surface area contributed by atoms with Gasteiger partial charge in [-0.25, -0.2) is 18.4 Å². The zero-order valence-corrected chi connectivity index (χ0v) is 29.6. The number of aromatic nitrogens is 4. The van der Waals surface area contributed by atoms with Gasteiger partial charge >= 0.3 is 11.9 Å². The molecule has 4 heterocycles. The maximum atomic E-state index is 14.5. The standard InChI is InChI=1S/C21H20FN3O2.C20H18FN3O2/c1-24-12-17-19(13-24)23-25(20(17)16-8-3-4-9-18(16)22)11-14-6-5-7-15(10-14)21(26)27-2;1-26-20(25)14-6-4-5-13(9-14)12-24-19(15-7-2-3-8-17(15)21)16-10-22-11-18(16)23-24/h3-10H,11-13H2,1-2H3;2-9,22H,10-12H2,1H3. The van der Waals surface area contributed by atoms with Gasteiger partial charge in [0.15, 0.2) is 0 Å². The Morgan fingerprint density at radius 1 is 0.660 bits per heavy atom. The number of esters is 2. The molecule has 10 nitrogen and oxygen atoms in total. The highest BCUT2D eigenvalue weighted by Crippen LogP contribution is 2.34. The molecule has 12 heteroatoms. The lowest BCUT2D eigenvalue weighted by atomic mass is 10.1. The SMILES string of the molecule is COC(=O)c1cccc(Cn2nc3c(c2-c2ccccc2F)CN(C)C3)c1.COC(=O)c1cccc(Cn2nc3c(c2-c2ccccc2F)CNC3)c1. The fraction of sp³-hybridized carbons (Fsp3) is 0.220. The third kappa shape index (κ3) is 7.37. The molecule has 0 unspecified atom stereocenters. The molecule has 2 aliphatic heterocycles. The number of hydrogen-bond donors (Lipinski definition) is 1. The molecule has 0 atom stereocenters. The highest BCUT2D eigenvalue weighted by Gasteiger charge is 2.28. The maximum Gasteiger partial charge on any atom is 0.337 e. The van der Waals surface area contributed by atoms with Crippen LogP contribution in [0.3, 0.4) is 0 Å². The molecule has 0 aliphatic carbocycles. The predicted octanol–water partition coefficient (Wildman–Crippen LogP) is 6.60. The van der Waals surface area contributed by atoms with Crippen LogP contribution in [0.2, 0.25) is 0 Å². The molecule has 0 saturated heterocycles. The quantitative estimate of drug-likeness (QED) is 0.176. The van der Waals surface area contributed by atoms with Gasteiger partial charge in [-0.3, -0.25) is 14.3 Å². The van der Waals surface area contributed by atoms with Gasteiger partial charge in [0.05, 0.1) is 61.2 Å². The Balaban J connectivity index is 0.000000164. The molecule has 2 aromatic heterocycles. The monoisotopic (exact) mass is 716 g/mol. The number of nitrogens with zero attached hydrogens (tertiary/aromatic N) is 5. The van der Waals surface area contributed by atoms with Gasteiger partial charge < -0.3 is 14.8 Å². The third-order valence-corrected chi connectivity index (χ3v) is 9.33. The van der Waals surface area contributed by atoms with E-state index in [2.05, 4.69) is 15.3 Å². The van der Waals surface area contributed by atoms with Crippen LogP contribution in [0, 0.1) is 11.6 Å². The Morgan fingerprint density at radius 3 is 1.70 bits per heavy atom. The average molecular weight is 717 g/mol. The van der Waals surface area contributed by atoms with Crippen LogP contribution in [0.15, 0.2) is 97.1 Å². The number of methoxy groups -OCH3 is 2. The first-order valence-corrected chi connectivity index (χ1v) is 17.1. The molecule has 0 bridgehead atoms. The normalized spacial score (nSPS) is 13.2. The number of hydrogen-bond acceptors (Lipinski definition) is 8. The molecule has 0 spiro atoms.